The first kappa shape index (κ1) is 14.9. The van der Waals surface area contributed by atoms with Gasteiger partial charge in [-0.3, -0.25) is 4.90 Å². The van der Waals surface area contributed by atoms with E-state index in [4.69, 9.17) is 0 Å². The van der Waals surface area contributed by atoms with E-state index in [1.54, 1.807) is 11.3 Å². The van der Waals surface area contributed by atoms with Crippen molar-refractivity contribution >= 4 is 23.3 Å². The number of aromatic nitrogens is 1. The molecule has 1 aromatic heterocycles. The van der Waals surface area contributed by atoms with Gasteiger partial charge in [-0.15, -0.1) is 12.4 Å². The maximum Gasteiger partial charge on any atom is 0.0488 e. The molecule has 2 heterocycles. The highest BCUT2D eigenvalue weighted by atomic mass is 35.5. The predicted molar refractivity (Wildman–Crippen MR) is 91.3 cm³/mol. The molecule has 0 N–H and O–H groups in total. The highest BCUT2D eigenvalue weighted by molar-refractivity contribution is 5.89. The van der Waals surface area contributed by atoms with Gasteiger partial charge >= 0.3 is 0 Å². The number of aryl methyl sites for hydroxylation is 3. The van der Waals surface area contributed by atoms with E-state index >= 15 is 0 Å². The molecule has 1 saturated carbocycles. The molecule has 3 heteroatoms. The van der Waals surface area contributed by atoms with Crippen molar-refractivity contribution in [2.24, 2.45) is 13.0 Å². The summed E-state index contributed by atoms with van der Waals surface area (Å²) in [5.41, 5.74) is 7.43. The molecule has 114 valence electrons. The topological polar surface area (TPSA) is 8.17 Å². The normalized spacial score (nSPS) is 18.6. The third kappa shape index (κ3) is 2.49. The monoisotopic (exact) mass is 304 g/mol. The van der Waals surface area contributed by atoms with E-state index in [9.17, 15) is 0 Å². The Balaban J connectivity index is 0.00000132. The molecule has 1 aliphatic carbocycles. The summed E-state index contributed by atoms with van der Waals surface area (Å²) in [7, 11) is 2.25. The summed E-state index contributed by atoms with van der Waals surface area (Å²) in [5.74, 6) is 0.996. The van der Waals surface area contributed by atoms with Gasteiger partial charge in [0.2, 0.25) is 0 Å². The van der Waals surface area contributed by atoms with Crippen molar-refractivity contribution in [3.8, 4) is 0 Å². The first-order chi connectivity index (χ1) is 9.63. The minimum atomic E-state index is 0. The zero-order valence-electron chi connectivity index (χ0n) is 13.3. The van der Waals surface area contributed by atoms with Gasteiger partial charge < -0.3 is 4.57 Å². The van der Waals surface area contributed by atoms with Gasteiger partial charge in [-0.05, 0) is 61.8 Å². The molecule has 0 unspecified atom stereocenters. The van der Waals surface area contributed by atoms with Gasteiger partial charge in [0, 0.05) is 43.3 Å². The molecule has 1 aromatic carbocycles. The fourth-order valence-electron chi connectivity index (χ4n) is 3.95. The van der Waals surface area contributed by atoms with E-state index in [1.165, 1.54) is 54.4 Å². The second kappa shape index (κ2) is 5.33. The van der Waals surface area contributed by atoms with Crippen LogP contribution in [0.2, 0.25) is 0 Å². The van der Waals surface area contributed by atoms with Crippen molar-refractivity contribution in [2.75, 3.05) is 13.1 Å². The molecule has 0 spiro atoms. The molecule has 0 amide bonds. The van der Waals surface area contributed by atoms with Crippen molar-refractivity contribution in [1.29, 1.82) is 0 Å². The van der Waals surface area contributed by atoms with Gasteiger partial charge in [-0.1, -0.05) is 6.07 Å². The number of benzene rings is 1. The van der Waals surface area contributed by atoms with Crippen LogP contribution < -0.4 is 0 Å². The van der Waals surface area contributed by atoms with Crippen molar-refractivity contribution in [1.82, 2.24) is 9.47 Å². The standard InChI is InChI=1S/C18H24N2.ClH/c1-12-8-13(2)18-15-6-7-20(10-14-4-5-14)11-17(15)19(3)16(18)9-12;/h8-9,14H,4-7,10-11H2,1-3H3;1H. The van der Waals surface area contributed by atoms with Crippen LogP contribution >= 0.6 is 12.4 Å². The van der Waals surface area contributed by atoms with Crippen LogP contribution in [-0.2, 0) is 20.0 Å². The lowest BCUT2D eigenvalue weighted by molar-refractivity contribution is 0.238. The quantitative estimate of drug-likeness (QED) is 0.814. The Kier molecular flexibility index (Phi) is 3.79. The minimum Gasteiger partial charge on any atom is -0.346 e. The predicted octanol–water partition coefficient (Wildman–Crippen LogP) is 3.99. The molecule has 0 radical (unpaired) electrons. The van der Waals surface area contributed by atoms with Crippen LogP contribution in [0.1, 0.15) is 35.2 Å². The third-order valence-electron chi connectivity index (χ3n) is 5.14. The van der Waals surface area contributed by atoms with E-state index in [1.807, 2.05) is 0 Å². The number of rotatable bonds is 2. The van der Waals surface area contributed by atoms with Gasteiger partial charge in [0.25, 0.3) is 0 Å². The zero-order chi connectivity index (χ0) is 13.9. The SMILES string of the molecule is Cc1cc(C)c2c3c(n(C)c2c1)CN(CC1CC1)CC3.Cl. The molecular weight excluding hydrogens is 280 g/mol. The van der Waals surface area contributed by atoms with Gasteiger partial charge in [-0.25, -0.2) is 0 Å². The molecule has 2 nitrogen and oxygen atoms in total. The number of halogens is 1. The Morgan fingerprint density at radius 1 is 1.19 bits per heavy atom. The van der Waals surface area contributed by atoms with Gasteiger partial charge in [0.15, 0.2) is 0 Å². The lowest BCUT2D eigenvalue weighted by Gasteiger charge is -2.28. The van der Waals surface area contributed by atoms with Crippen LogP contribution in [0.25, 0.3) is 10.9 Å². The Hall–Kier alpha value is -0.990. The number of fused-ring (bicyclic) bond motifs is 3. The van der Waals surface area contributed by atoms with E-state index in [0.29, 0.717) is 0 Å². The third-order valence-corrected chi connectivity index (χ3v) is 5.14. The molecule has 1 aliphatic heterocycles. The fourth-order valence-corrected chi connectivity index (χ4v) is 3.95. The largest absolute Gasteiger partial charge is 0.346 e. The van der Waals surface area contributed by atoms with Crippen LogP contribution in [0, 0.1) is 19.8 Å². The summed E-state index contributed by atoms with van der Waals surface area (Å²) in [5, 5.41) is 1.53. The summed E-state index contributed by atoms with van der Waals surface area (Å²) >= 11 is 0. The van der Waals surface area contributed by atoms with Crippen LogP contribution in [0.5, 0.6) is 0 Å². The molecule has 0 atom stereocenters. The second-order valence-corrected chi connectivity index (χ2v) is 6.89. The smallest absolute Gasteiger partial charge is 0.0488 e. The Morgan fingerprint density at radius 3 is 2.67 bits per heavy atom. The fraction of sp³-hybridized carbons (Fsp3) is 0.556. The molecular formula is C18H25ClN2. The van der Waals surface area contributed by atoms with E-state index in [-0.39, 0.29) is 12.4 Å². The summed E-state index contributed by atoms with van der Waals surface area (Å²) in [6.45, 7) is 8.19. The number of nitrogens with zero attached hydrogens (tertiary/aromatic N) is 2. The maximum absolute atomic E-state index is 2.67. The Bertz CT molecular complexity index is 682. The van der Waals surface area contributed by atoms with Crippen LogP contribution in [0.3, 0.4) is 0 Å². The Labute approximate surface area is 133 Å². The first-order valence-electron chi connectivity index (χ1n) is 7.93. The summed E-state index contributed by atoms with van der Waals surface area (Å²) in [4.78, 5) is 2.67. The second-order valence-electron chi connectivity index (χ2n) is 6.89. The molecule has 4 rings (SSSR count). The first-order valence-corrected chi connectivity index (χ1v) is 7.93. The van der Waals surface area contributed by atoms with Crippen LogP contribution in [0.15, 0.2) is 12.1 Å². The molecule has 0 saturated heterocycles. The number of hydrogen-bond donors (Lipinski definition) is 0. The highest BCUT2D eigenvalue weighted by Gasteiger charge is 2.28. The lowest BCUT2D eigenvalue weighted by atomic mass is 9.99. The summed E-state index contributed by atoms with van der Waals surface area (Å²) in [6, 6.07) is 4.69. The van der Waals surface area contributed by atoms with Crippen LogP contribution in [0.4, 0.5) is 0 Å². The summed E-state index contributed by atoms with van der Waals surface area (Å²) < 4.78 is 2.45. The molecule has 21 heavy (non-hydrogen) atoms. The lowest BCUT2D eigenvalue weighted by Crippen LogP contribution is -2.32. The van der Waals surface area contributed by atoms with Crippen molar-refractivity contribution in [3.05, 3.63) is 34.5 Å². The zero-order valence-corrected chi connectivity index (χ0v) is 14.1. The van der Waals surface area contributed by atoms with E-state index in [2.05, 4.69) is 42.5 Å². The van der Waals surface area contributed by atoms with Gasteiger partial charge in [0.1, 0.15) is 0 Å². The number of hydrogen-bond acceptors (Lipinski definition) is 1. The van der Waals surface area contributed by atoms with E-state index in [0.717, 1.165) is 12.5 Å². The highest BCUT2D eigenvalue weighted by Crippen LogP contribution is 2.35. The van der Waals surface area contributed by atoms with Gasteiger partial charge in [0.05, 0.1) is 0 Å². The van der Waals surface area contributed by atoms with Crippen molar-refractivity contribution in [3.63, 3.8) is 0 Å². The van der Waals surface area contributed by atoms with Gasteiger partial charge in [-0.2, -0.15) is 0 Å². The van der Waals surface area contributed by atoms with Crippen molar-refractivity contribution in [2.45, 2.75) is 39.7 Å². The Morgan fingerprint density at radius 2 is 1.95 bits per heavy atom. The molecule has 0 bridgehead atoms. The molecule has 1 fully saturated rings. The van der Waals surface area contributed by atoms with E-state index < -0.39 is 0 Å². The maximum atomic E-state index is 2.67. The summed E-state index contributed by atoms with van der Waals surface area (Å²) in [6.07, 6.45) is 4.14. The minimum absolute atomic E-state index is 0. The average Bonchev–Trinajstić information content (AvgIpc) is 3.17. The molecule has 2 aromatic rings. The van der Waals surface area contributed by atoms with Crippen LogP contribution in [-0.4, -0.2) is 22.6 Å². The van der Waals surface area contributed by atoms with Crippen molar-refractivity contribution < 1.29 is 0 Å². The molecule has 2 aliphatic rings. The average molecular weight is 305 g/mol.